The number of amides is 1. The normalized spacial score (nSPS) is 16.1. The third-order valence-corrected chi connectivity index (χ3v) is 5.98. The number of halogens is 2. The second-order valence-electron chi connectivity index (χ2n) is 5.90. The number of benzene rings is 2. The first kappa shape index (κ1) is 21.1. The summed E-state index contributed by atoms with van der Waals surface area (Å²) in [5.74, 6) is -0.430. The van der Waals surface area contributed by atoms with Gasteiger partial charge in [0.2, 0.25) is 0 Å². The highest BCUT2D eigenvalue weighted by Crippen LogP contribution is 2.40. The summed E-state index contributed by atoms with van der Waals surface area (Å²) in [6, 6.07) is 10.2. The fourth-order valence-corrected chi connectivity index (χ4v) is 4.92. The Morgan fingerprint density at radius 2 is 1.89 bits per heavy atom. The molecule has 0 N–H and O–H groups in total. The predicted octanol–water partition coefficient (Wildman–Crippen LogP) is 5.05. The van der Waals surface area contributed by atoms with Crippen molar-refractivity contribution < 1.29 is 17.4 Å². The SMILES string of the molecule is Cc1ccccc1N1C(=O)/C(=C/c2cc(Cl)cc(Cl)c2OS(C)(=O)=O)SC1=S. The van der Waals surface area contributed by atoms with Crippen LogP contribution in [0.15, 0.2) is 41.3 Å². The summed E-state index contributed by atoms with van der Waals surface area (Å²) in [7, 11) is -3.84. The molecule has 0 aliphatic carbocycles. The van der Waals surface area contributed by atoms with E-state index in [1.165, 1.54) is 23.1 Å². The largest absolute Gasteiger partial charge is 0.380 e. The van der Waals surface area contributed by atoms with E-state index in [2.05, 4.69) is 0 Å². The number of carbonyl (C=O) groups excluding carboxylic acids is 1. The van der Waals surface area contributed by atoms with Crippen LogP contribution >= 0.6 is 47.2 Å². The second kappa shape index (κ2) is 8.04. The van der Waals surface area contributed by atoms with Crippen LogP contribution in [-0.2, 0) is 14.9 Å². The molecular weight excluding hydrogens is 461 g/mol. The molecule has 0 radical (unpaired) electrons. The van der Waals surface area contributed by atoms with Gasteiger partial charge in [0, 0.05) is 10.6 Å². The molecule has 5 nitrogen and oxygen atoms in total. The van der Waals surface area contributed by atoms with Crippen molar-refractivity contribution in [2.45, 2.75) is 6.92 Å². The molecule has 0 spiro atoms. The Bertz CT molecular complexity index is 1130. The maximum atomic E-state index is 13.0. The van der Waals surface area contributed by atoms with Gasteiger partial charge < -0.3 is 4.18 Å². The number of anilines is 1. The molecular formula is C18H13Cl2NO4S3. The zero-order valence-electron chi connectivity index (χ0n) is 14.6. The van der Waals surface area contributed by atoms with Crippen molar-refractivity contribution >= 4 is 79.3 Å². The van der Waals surface area contributed by atoms with E-state index < -0.39 is 10.1 Å². The van der Waals surface area contributed by atoms with Gasteiger partial charge in [0.05, 0.1) is 21.9 Å². The third kappa shape index (κ3) is 4.52. The monoisotopic (exact) mass is 473 g/mol. The van der Waals surface area contributed by atoms with Gasteiger partial charge >= 0.3 is 10.1 Å². The molecule has 1 heterocycles. The first-order chi connectivity index (χ1) is 13.1. The van der Waals surface area contributed by atoms with Crippen molar-refractivity contribution in [3.05, 3.63) is 62.5 Å². The van der Waals surface area contributed by atoms with E-state index in [1.807, 2.05) is 25.1 Å². The first-order valence-corrected chi connectivity index (χ1v) is 11.6. The van der Waals surface area contributed by atoms with Crippen LogP contribution in [0.3, 0.4) is 0 Å². The molecule has 0 aromatic heterocycles. The molecule has 0 bridgehead atoms. The van der Waals surface area contributed by atoms with E-state index in [4.69, 9.17) is 39.6 Å². The Morgan fingerprint density at radius 1 is 1.21 bits per heavy atom. The summed E-state index contributed by atoms with van der Waals surface area (Å²) in [5, 5.41) is 0.282. The number of hydrogen-bond acceptors (Lipinski definition) is 6. The van der Waals surface area contributed by atoms with Gasteiger partial charge in [-0.15, -0.1) is 0 Å². The van der Waals surface area contributed by atoms with Crippen molar-refractivity contribution in [2.75, 3.05) is 11.2 Å². The van der Waals surface area contributed by atoms with Gasteiger partial charge in [-0.25, -0.2) is 0 Å². The Morgan fingerprint density at radius 3 is 2.54 bits per heavy atom. The Hall–Kier alpha value is -1.58. The van der Waals surface area contributed by atoms with E-state index in [-0.39, 0.29) is 27.3 Å². The highest BCUT2D eigenvalue weighted by atomic mass is 35.5. The number of hydrogen-bond donors (Lipinski definition) is 0. The Kier molecular flexibility index (Phi) is 6.07. The fourth-order valence-electron chi connectivity index (χ4n) is 2.56. The summed E-state index contributed by atoms with van der Waals surface area (Å²) < 4.78 is 28.5. The molecule has 1 saturated heterocycles. The highest BCUT2D eigenvalue weighted by molar-refractivity contribution is 8.27. The molecule has 2 aromatic carbocycles. The molecule has 0 saturated carbocycles. The van der Waals surface area contributed by atoms with Crippen LogP contribution in [-0.4, -0.2) is 24.9 Å². The van der Waals surface area contributed by atoms with Crippen LogP contribution < -0.4 is 9.08 Å². The standard InChI is InChI=1S/C18H13Cl2NO4S3/c1-10-5-3-4-6-14(10)21-17(22)15(27-18(21)26)8-11-7-12(19)9-13(20)16(11)25-28(2,23)24/h3-9H,1-2H3/b15-8-. The predicted molar refractivity (Wildman–Crippen MR) is 119 cm³/mol. The quantitative estimate of drug-likeness (QED) is 0.351. The minimum Gasteiger partial charge on any atom is -0.380 e. The summed E-state index contributed by atoms with van der Waals surface area (Å²) >= 11 is 18.6. The minimum atomic E-state index is -3.84. The van der Waals surface area contributed by atoms with Crippen molar-refractivity contribution in [2.24, 2.45) is 0 Å². The van der Waals surface area contributed by atoms with Gasteiger partial charge in [0.1, 0.15) is 0 Å². The molecule has 0 atom stereocenters. The molecule has 0 unspecified atom stereocenters. The average molecular weight is 474 g/mol. The zero-order chi connectivity index (χ0) is 20.6. The second-order valence-corrected chi connectivity index (χ2v) is 9.99. The topological polar surface area (TPSA) is 63.7 Å². The minimum absolute atomic E-state index is 0.0126. The molecule has 1 fully saturated rings. The van der Waals surface area contributed by atoms with Crippen LogP contribution in [0.2, 0.25) is 10.0 Å². The summed E-state index contributed by atoms with van der Waals surface area (Å²) in [4.78, 5) is 14.7. The van der Waals surface area contributed by atoms with Crippen molar-refractivity contribution in [3.63, 3.8) is 0 Å². The van der Waals surface area contributed by atoms with Gasteiger partial charge in [0.15, 0.2) is 10.1 Å². The van der Waals surface area contributed by atoms with E-state index >= 15 is 0 Å². The van der Waals surface area contributed by atoms with Gasteiger partial charge in [-0.3, -0.25) is 9.69 Å². The lowest BCUT2D eigenvalue weighted by Crippen LogP contribution is -2.28. The maximum Gasteiger partial charge on any atom is 0.306 e. The summed E-state index contributed by atoms with van der Waals surface area (Å²) in [6.07, 6.45) is 2.37. The number of rotatable bonds is 4. The van der Waals surface area contributed by atoms with Crippen molar-refractivity contribution in [1.82, 2.24) is 0 Å². The van der Waals surface area contributed by atoms with Crippen LogP contribution in [0.4, 0.5) is 5.69 Å². The lowest BCUT2D eigenvalue weighted by atomic mass is 10.1. The molecule has 10 heteroatoms. The van der Waals surface area contributed by atoms with E-state index in [1.54, 1.807) is 6.07 Å². The number of nitrogens with zero attached hydrogens (tertiary/aromatic N) is 1. The molecule has 2 aromatic rings. The Labute approximate surface area is 182 Å². The number of thioether (sulfide) groups is 1. The maximum absolute atomic E-state index is 13.0. The lowest BCUT2D eigenvalue weighted by molar-refractivity contribution is -0.113. The van der Waals surface area contributed by atoms with Crippen LogP contribution in [0.5, 0.6) is 5.75 Å². The lowest BCUT2D eigenvalue weighted by Gasteiger charge is -2.16. The first-order valence-electron chi connectivity index (χ1n) is 7.79. The number of para-hydroxylation sites is 1. The summed E-state index contributed by atoms with van der Waals surface area (Å²) in [6.45, 7) is 1.88. The number of aryl methyl sites for hydroxylation is 1. The van der Waals surface area contributed by atoms with E-state index in [0.717, 1.165) is 23.6 Å². The summed E-state index contributed by atoms with van der Waals surface area (Å²) in [5.41, 5.74) is 1.84. The molecule has 1 amide bonds. The van der Waals surface area contributed by atoms with Gasteiger partial charge in [0.25, 0.3) is 5.91 Å². The van der Waals surface area contributed by atoms with Crippen LogP contribution in [0, 0.1) is 6.92 Å². The Balaban J connectivity index is 2.07. The van der Waals surface area contributed by atoms with Crippen LogP contribution in [0.25, 0.3) is 6.08 Å². The van der Waals surface area contributed by atoms with Crippen LogP contribution in [0.1, 0.15) is 11.1 Å². The van der Waals surface area contributed by atoms with Gasteiger partial charge in [-0.2, -0.15) is 8.42 Å². The number of thiocarbonyl (C=S) groups is 1. The average Bonchev–Trinajstić information content (AvgIpc) is 2.84. The number of carbonyl (C=O) groups is 1. The molecule has 28 heavy (non-hydrogen) atoms. The zero-order valence-corrected chi connectivity index (χ0v) is 18.6. The van der Waals surface area contributed by atoms with Crippen molar-refractivity contribution in [1.29, 1.82) is 0 Å². The van der Waals surface area contributed by atoms with E-state index in [9.17, 15) is 13.2 Å². The van der Waals surface area contributed by atoms with Crippen molar-refractivity contribution in [3.8, 4) is 5.75 Å². The molecule has 1 aliphatic heterocycles. The van der Waals surface area contributed by atoms with E-state index in [0.29, 0.717) is 14.9 Å². The third-order valence-electron chi connectivity index (χ3n) is 3.71. The molecule has 3 rings (SSSR count). The smallest absolute Gasteiger partial charge is 0.306 e. The van der Waals surface area contributed by atoms with Gasteiger partial charge in [-0.05, 0) is 36.8 Å². The fraction of sp³-hybridized carbons (Fsp3) is 0.111. The molecule has 146 valence electrons. The highest BCUT2D eigenvalue weighted by Gasteiger charge is 2.34. The molecule has 1 aliphatic rings. The van der Waals surface area contributed by atoms with Gasteiger partial charge in [-0.1, -0.05) is 65.4 Å².